The van der Waals surface area contributed by atoms with Crippen LogP contribution in [0.5, 0.6) is 0 Å². The molecular formula is C37H24N2O3. The maximum absolute atomic E-state index is 14.3. The van der Waals surface area contributed by atoms with Gasteiger partial charge in [-0.2, -0.15) is 0 Å². The fraction of sp³-hybridized carbons (Fsp3) is 0.0541. The van der Waals surface area contributed by atoms with Gasteiger partial charge in [-0.1, -0.05) is 97.1 Å². The molecular weight excluding hydrogens is 520 g/mol. The van der Waals surface area contributed by atoms with E-state index in [0.717, 1.165) is 32.7 Å². The molecule has 0 unspecified atom stereocenters. The third kappa shape index (κ3) is 3.67. The molecule has 1 aliphatic carbocycles. The average Bonchev–Trinajstić information content (AvgIpc) is 3.29. The first kappa shape index (κ1) is 24.3. The van der Waals surface area contributed by atoms with Gasteiger partial charge in [0, 0.05) is 16.7 Å². The smallest absolute Gasteiger partial charge is 0.289 e. The molecule has 8 rings (SSSR count). The minimum Gasteiger partial charge on any atom is -0.289 e. The highest BCUT2D eigenvalue weighted by molar-refractivity contribution is 6.31. The molecule has 1 aromatic heterocycles. The maximum Gasteiger partial charge on any atom is 0.329 e. The first-order chi connectivity index (χ1) is 20.6. The molecule has 6 aromatic carbocycles. The fourth-order valence-corrected chi connectivity index (χ4v) is 6.33. The van der Waals surface area contributed by atoms with Crippen LogP contribution in [0.1, 0.15) is 43.0 Å². The fourth-order valence-electron chi connectivity index (χ4n) is 6.33. The average molecular weight is 545 g/mol. The summed E-state index contributed by atoms with van der Waals surface area (Å²) < 4.78 is 3.39. The molecule has 0 saturated heterocycles. The largest absolute Gasteiger partial charge is 0.329 e. The van der Waals surface area contributed by atoms with Crippen LogP contribution < -0.4 is 5.69 Å². The zero-order valence-corrected chi connectivity index (χ0v) is 22.6. The molecule has 7 aromatic rings. The lowest BCUT2D eigenvalue weighted by atomic mass is 9.83. The first-order valence-electron chi connectivity index (χ1n) is 14.0. The maximum atomic E-state index is 14.3. The van der Waals surface area contributed by atoms with Crippen LogP contribution in [0.15, 0.2) is 126 Å². The summed E-state index contributed by atoms with van der Waals surface area (Å²) in [6.45, 7) is 0.604. The standard InChI is InChI=1S/C37H24N2O3/c40-35-29-11-5-6-12-30(29)36(41)33-31(35)17-18-32-34(33)39(22-24-14-16-26-8-2-4-10-28(26)20-24)37(42)38(32)21-23-13-15-25-7-1-3-9-27(25)19-23/h1-20H,21-22H2. The lowest BCUT2D eigenvalue weighted by Crippen LogP contribution is -2.26. The Balaban J connectivity index is 1.36. The Kier molecular flexibility index (Phi) is 5.34. The number of aromatic nitrogens is 2. The van der Waals surface area contributed by atoms with Gasteiger partial charge in [0.2, 0.25) is 0 Å². The van der Waals surface area contributed by atoms with E-state index in [1.54, 1.807) is 39.5 Å². The molecule has 1 aliphatic rings. The van der Waals surface area contributed by atoms with Gasteiger partial charge < -0.3 is 0 Å². The van der Waals surface area contributed by atoms with Crippen molar-refractivity contribution in [1.82, 2.24) is 9.13 Å². The number of nitrogens with zero attached hydrogens (tertiary/aromatic N) is 2. The Morgan fingerprint density at radius 3 is 1.60 bits per heavy atom. The van der Waals surface area contributed by atoms with Crippen molar-refractivity contribution in [2.75, 3.05) is 0 Å². The van der Waals surface area contributed by atoms with Gasteiger partial charge in [-0.3, -0.25) is 18.7 Å². The Bertz CT molecular complexity index is 2320. The summed E-state index contributed by atoms with van der Waals surface area (Å²) in [4.78, 5) is 41.8. The third-order valence-electron chi connectivity index (χ3n) is 8.38. The molecule has 200 valence electrons. The first-order valence-corrected chi connectivity index (χ1v) is 14.0. The zero-order valence-electron chi connectivity index (χ0n) is 22.6. The second kappa shape index (κ2) is 9.25. The highest BCUT2D eigenvalue weighted by Crippen LogP contribution is 2.33. The molecule has 1 heterocycles. The molecule has 0 amide bonds. The van der Waals surface area contributed by atoms with Crippen LogP contribution in [0.25, 0.3) is 32.6 Å². The van der Waals surface area contributed by atoms with Gasteiger partial charge in [0.25, 0.3) is 0 Å². The molecule has 0 bridgehead atoms. The van der Waals surface area contributed by atoms with E-state index in [9.17, 15) is 14.4 Å². The summed E-state index contributed by atoms with van der Waals surface area (Å²) in [7, 11) is 0. The molecule has 0 radical (unpaired) electrons. The number of imidazole rings is 1. The van der Waals surface area contributed by atoms with Crippen LogP contribution in [-0.2, 0) is 13.1 Å². The molecule has 0 aliphatic heterocycles. The monoisotopic (exact) mass is 544 g/mol. The predicted molar refractivity (Wildman–Crippen MR) is 166 cm³/mol. The van der Waals surface area contributed by atoms with Crippen molar-refractivity contribution in [2.24, 2.45) is 0 Å². The summed E-state index contributed by atoms with van der Waals surface area (Å²) in [5.41, 5.74) is 4.22. The summed E-state index contributed by atoms with van der Waals surface area (Å²) in [6.07, 6.45) is 0. The van der Waals surface area contributed by atoms with E-state index in [-0.39, 0.29) is 23.8 Å². The number of benzene rings is 6. The lowest BCUT2D eigenvalue weighted by molar-refractivity contribution is 0.0980. The quantitative estimate of drug-likeness (QED) is 0.240. The van der Waals surface area contributed by atoms with Crippen molar-refractivity contribution in [3.05, 3.63) is 165 Å². The van der Waals surface area contributed by atoms with E-state index in [2.05, 4.69) is 36.4 Å². The van der Waals surface area contributed by atoms with Crippen molar-refractivity contribution in [2.45, 2.75) is 13.1 Å². The van der Waals surface area contributed by atoms with Gasteiger partial charge in [0.05, 0.1) is 29.7 Å². The van der Waals surface area contributed by atoms with E-state index in [4.69, 9.17) is 0 Å². The van der Waals surface area contributed by atoms with E-state index in [1.165, 1.54) is 0 Å². The zero-order chi connectivity index (χ0) is 28.4. The number of ketones is 2. The number of hydrogen-bond donors (Lipinski definition) is 0. The number of carbonyl (C=O) groups is 2. The second-order valence-corrected chi connectivity index (χ2v) is 10.9. The molecule has 5 heteroatoms. The number of rotatable bonds is 4. The van der Waals surface area contributed by atoms with E-state index in [0.29, 0.717) is 39.8 Å². The van der Waals surface area contributed by atoms with Crippen LogP contribution in [0.4, 0.5) is 0 Å². The SMILES string of the molecule is O=C1c2ccccc2C(=O)c2c1ccc1c2n(Cc2ccc3ccccc3c2)c(=O)n1Cc1ccc2ccccc2c1. The van der Waals surface area contributed by atoms with Crippen molar-refractivity contribution in [1.29, 1.82) is 0 Å². The minimum atomic E-state index is -0.235. The molecule has 5 nitrogen and oxygen atoms in total. The number of hydrogen-bond acceptors (Lipinski definition) is 3. The van der Waals surface area contributed by atoms with Gasteiger partial charge >= 0.3 is 5.69 Å². The molecule has 0 atom stereocenters. The Morgan fingerprint density at radius 2 is 0.976 bits per heavy atom. The van der Waals surface area contributed by atoms with E-state index in [1.807, 2.05) is 54.6 Å². The molecule has 0 fully saturated rings. The van der Waals surface area contributed by atoms with E-state index < -0.39 is 0 Å². The third-order valence-corrected chi connectivity index (χ3v) is 8.38. The van der Waals surface area contributed by atoms with Crippen LogP contribution in [0.3, 0.4) is 0 Å². The molecule has 0 saturated carbocycles. The van der Waals surface area contributed by atoms with Crippen LogP contribution in [0.2, 0.25) is 0 Å². The Morgan fingerprint density at radius 1 is 0.452 bits per heavy atom. The van der Waals surface area contributed by atoms with Gasteiger partial charge in [-0.05, 0) is 56.9 Å². The van der Waals surface area contributed by atoms with Crippen LogP contribution in [-0.4, -0.2) is 20.7 Å². The van der Waals surface area contributed by atoms with Gasteiger partial charge in [-0.15, -0.1) is 0 Å². The highest BCUT2D eigenvalue weighted by atomic mass is 16.2. The van der Waals surface area contributed by atoms with Gasteiger partial charge in [0.1, 0.15) is 0 Å². The van der Waals surface area contributed by atoms with E-state index >= 15 is 0 Å². The minimum absolute atomic E-state index is 0.200. The van der Waals surface area contributed by atoms with Gasteiger partial charge in [0.15, 0.2) is 11.6 Å². The topological polar surface area (TPSA) is 61.1 Å². The molecule has 0 spiro atoms. The summed E-state index contributed by atoms with van der Waals surface area (Å²) in [5.74, 6) is -0.435. The summed E-state index contributed by atoms with van der Waals surface area (Å²) >= 11 is 0. The van der Waals surface area contributed by atoms with Crippen LogP contribution >= 0.6 is 0 Å². The van der Waals surface area contributed by atoms with Crippen molar-refractivity contribution >= 4 is 44.1 Å². The lowest BCUT2D eigenvalue weighted by Gasteiger charge is -2.19. The van der Waals surface area contributed by atoms with Crippen molar-refractivity contribution < 1.29 is 9.59 Å². The predicted octanol–water partition coefficient (Wildman–Crippen LogP) is 6.98. The number of fused-ring (bicyclic) bond motifs is 6. The summed E-state index contributed by atoms with van der Waals surface area (Å²) in [6, 6.07) is 39.0. The Labute approximate surface area is 240 Å². The molecule has 0 N–H and O–H groups in total. The van der Waals surface area contributed by atoms with Crippen LogP contribution in [0, 0.1) is 0 Å². The molecule has 42 heavy (non-hydrogen) atoms. The summed E-state index contributed by atoms with van der Waals surface area (Å²) in [5, 5.41) is 4.41. The highest BCUT2D eigenvalue weighted by Gasteiger charge is 2.33. The second-order valence-electron chi connectivity index (χ2n) is 10.9. The number of carbonyl (C=O) groups excluding carboxylic acids is 2. The van der Waals surface area contributed by atoms with Gasteiger partial charge in [-0.25, -0.2) is 4.79 Å². The van der Waals surface area contributed by atoms with Crippen molar-refractivity contribution in [3.8, 4) is 0 Å². The Hall–Kier alpha value is -5.55. The van der Waals surface area contributed by atoms with Crippen molar-refractivity contribution in [3.63, 3.8) is 0 Å². The normalized spacial score (nSPS) is 12.7.